The van der Waals surface area contributed by atoms with Crippen LogP contribution in [-0.2, 0) is 9.59 Å². The van der Waals surface area contributed by atoms with Crippen LogP contribution in [0.1, 0.15) is 0 Å². The van der Waals surface area contributed by atoms with E-state index in [1.165, 1.54) is 12.1 Å². The first-order valence-electron chi connectivity index (χ1n) is 4.89. The van der Waals surface area contributed by atoms with Crippen LogP contribution in [0.5, 0.6) is 5.75 Å². The normalized spacial score (nSPS) is 15.3. The SMILES string of the molecule is O=C1C=CC(=O)N1c1ccc(OC(F)(F)F)c(Br)c1. The van der Waals surface area contributed by atoms with Gasteiger partial charge in [0, 0.05) is 12.2 Å². The summed E-state index contributed by atoms with van der Waals surface area (Å²) in [4.78, 5) is 23.6. The maximum atomic E-state index is 12.1. The van der Waals surface area contributed by atoms with Crippen molar-refractivity contribution in [2.45, 2.75) is 6.36 Å². The summed E-state index contributed by atoms with van der Waals surface area (Å²) in [7, 11) is 0. The predicted molar refractivity (Wildman–Crippen MR) is 62.5 cm³/mol. The molecule has 2 amide bonds. The van der Waals surface area contributed by atoms with Crippen LogP contribution in [-0.4, -0.2) is 18.2 Å². The molecular weight excluding hydrogens is 331 g/mol. The highest BCUT2D eigenvalue weighted by atomic mass is 79.9. The molecule has 0 aliphatic carbocycles. The number of carbonyl (C=O) groups excluding carboxylic acids is 2. The molecule has 0 aromatic heterocycles. The maximum absolute atomic E-state index is 12.1. The van der Waals surface area contributed by atoms with Crippen LogP contribution in [0.3, 0.4) is 0 Å². The van der Waals surface area contributed by atoms with Gasteiger partial charge in [-0.1, -0.05) is 0 Å². The number of halogens is 4. The Labute approximate surface area is 113 Å². The molecule has 0 spiro atoms. The van der Waals surface area contributed by atoms with E-state index in [0.29, 0.717) is 0 Å². The van der Waals surface area contributed by atoms with Gasteiger partial charge in [0.15, 0.2) is 0 Å². The largest absolute Gasteiger partial charge is 0.573 e. The Morgan fingerprint density at radius 2 is 1.68 bits per heavy atom. The highest BCUT2D eigenvalue weighted by molar-refractivity contribution is 9.10. The Kier molecular flexibility index (Phi) is 3.36. The fourth-order valence-electron chi connectivity index (χ4n) is 1.49. The third-order valence-electron chi connectivity index (χ3n) is 2.21. The van der Waals surface area contributed by atoms with Crippen molar-refractivity contribution in [3.63, 3.8) is 0 Å². The second-order valence-electron chi connectivity index (χ2n) is 3.51. The fourth-order valence-corrected chi connectivity index (χ4v) is 1.94. The molecule has 0 fully saturated rings. The molecular formula is C11H5BrF3NO3. The van der Waals surface area contributed by atoms with Gasteiger partial charge in [-0.05, 0) is 34.1 Å². The number of hydrogen-bond donors (Lipinski definition) is 0. The zero-order valence-corrected chi connectivity index (χ0v) is 10.7. The topological polar surface area (TPSA) is 46.6 Å². The van der Waals surface area contributed by atoms with Crippen molar-refractivity contribution in [1.82, 2.24) is 0 Å². The Balaban J connectivity index is 2.29. The number of carbonyl (C=O) groups is 2. The van der Waals surface area contributed by atoms with Crippen molar-refractivity contribution in [2.24, 2.45) is 0 Å². The molecule has 0 radical (unpaired) electrons. The van der Waals surface area contributed by atoms with E-state index in [2.05, 4.69) is 20.7 Å². The van der Waals surface area contributed by atoms with Crippen LogP contribution in [0.15, 0.2) is 34.8 Å². The van der Waals surface area contributed by atoms with Gasteiger partial charge >= 0.3 is 6.36 Å². The third-order valence-corrected chi connectivity index (χ3v) is 2.83. The number of anilines is 1. The van der Waals surface area contributed by atoms with Gasteiger partial charge in [0.05, 0.1) is 10.2 Å². The summed E-state index contributed by atoms with van der Waals surface area (Å²) in [6, 6.07) is 3.41. The first kappa shape index (κ1) is 13.6. The molecule has 0 N–H and O–H groups in total. The summed E-state index contributed by atoms with van der Waals surface area (Å²) in [5.41, 5.74) is 0.154. The van der Waals surface area contributed by atoms with Gasteiger partial charge < -0.3 is 4.74 Å². The number of rotatable bonds is 2. The standard InChI is InChI=1S/C11H5BrF3NO3/c12-7-5-6(16-9(17)3-4-10(16)18)1-2-8(7)19-11(13,14)15/h1-5H. The predicted octanol–water partition coefficient (Wildman–Crippen LogP) is 2.78. The van der Waals surface area contributed by atoms with Crippen molar-refractivity contribution >= 4 is 33.4 Å². The Morgan fingerprint density at radius 3 is 2.16 bits per heavy atom. The lowest BCUT2D eigenvalue weighted by molar-refractivity contribution is -0.274. The summed E-state index contributed by atoms with van der Waals surface area (Å²) < 4.78 is 40.0. The van der Waals surface area contributed by atoms with E-state index >= 15 is 0 Å². The van der Waals surface area contributed by atoms with E-state index in [0.717, 1.165) is 23.1 Å². The summed E-state index contributed by atoms with van der Waals surface area (Å²) in [6.45, 7) is 0. The van der Waals surface area contributed by atoms with E-state index in [1.807, 2.05) is 0 Å². The van der Waals surface area contributed by atoms with Gasteiger partial charge in [-0.25, -0.2) is 4.90 Å². The fraction of sp³-hybridized carbons (Fsp3) is 0.0909. The van der Waals surface area contributed by atoms with Gasteiger partial charge in [-0.15, -0.1) is 13.2 Å². The Morgan fingerprint density at radius 1 is 1.11 bits per heavy atom. The molecule has 1 aromatic carbocycles. The molecule has 1 aliphatic rings. The van der Waals surface area contributed by atoms with E-state index in [4.69, 9.17) is 0 Å². The number of ether oxygens (including phenoxy) is 1. The van der Waals surface area contributed by atoms with E-state index in [-0.39, 0.29) is 10.2 Å². The molecule has 0 unspecified atom stereocenters. The average Bonchev–Trinajstić information content (AvgIpc) is 2.60. The average molecular weight is 336 g/mol. The smallest absolute Gasteiger partial charge is 0.405 e. The second kappa shape index (κ2) is 4.69. The minimum absolute atomic E-state index is 0.0187. The van der Waals surface area contributed by atoms with Gasteiger partial charge in [-0.2, -0.15) is 0 Å². The van der Waals surface area contributed by atoms with Gasteiger partial charge in [0.25, 0.3) is 11.8 Å². The summed E-state index contributed by atoms with van der Waals surface area (Å²) in [5, 5.41) is 0. The van der Waals surface area contributed by atoms with Gasteiger partial charge in [0.2, 0.25) is 0 Å². The van der Waals surface area contributed by atoms with Gasteiger partial charge in [0.1, 0.15) is 5.75 Å². The molecule has 0 atom stereocenters. The molecule has 19 heavy (non-hydrogen) atoms. The Hall–Kier alpha value is -1.83. The molecule has 4 nitrogen and oxygen atoms in total. The third kappa shape index (κ3) is 2.95. The van der Waals surface area contributed by atoms with Crippen LogP contribution >= 0.6 is 15.9 Å². The second-order valence-corrected chi connectivity index (χ2v) is 4.36. The number of amides is 2. The molecule has 2 rings (SSSR count). The highest BCUT2D eigenvalue weighted by Gasteiger charge is 2.32. The zero-order chi connectivity index (χ0) is 14.2. The molecule has 100 valence electrons. The monoisotopic (exact) mass is 335 g/mol. The minimum atomic E-state index is -4.81. The lowest BCUT2D eigenvalue weighted by atomic mass is 10.3. The summed E-state index contributed by atoms with van der Waals surface area (Å²) >= 11 is 2.89. The van der Waals surface area contributed by atoms with Crippen molar-refractivity contribution in [2.75, 3.05) is 4.90 Å². The molecule has 1 heterocycles. The van der Waals surface area contributed by atoms with Crippen LogP contribution in [0, 0.1) is 0 Å². The summed E-state index contributed by atoms with van der Waals surface area (Å²) in [5.74, 6) is -1.56. The molecule has 0 bridgehead atoms. The van der Waals surface area contributed by atoms with Crippen LogP contribution in [0.4, 0.5) is 18.9 Å². The van der Waals surface area contributed by atoms with Crippen molar-refractivity contribution in [1.29, 1.82) is 0 Å². The minimum Gasteiger partial charge on any atom is -0.405 e. The quantitative estimate of drug-likeness (QED) is 0.781. The Bertz CT molecular complexity index is 565. The molecule has 0 saturated heterocycles. The first-order valence-corrected chi connectivity index (χ1v) is 5.68. The first-order chi connectivity index (χ1) is 8.78. The van der Waals surface area contributed by atoms with E-state index < -0.39 is 23.9 Å². The van der Waals surface area contributed by atoms with E-state index in [1.54, 1.807) is 0 Å². The van der Waals surface area contributed by atoms with Crippen LogP contribution < -0.4 is 9.64 Å². The molecule has 1 aliphatic heterocycles. The zero-order valence-electron chi connectivity index (χ0n) is 9.07. The van der Waals surface area contributed by atoms with Crippen molar-refractivity contribution < 1.29 is 27.5 Å². The molecule has 8 heteroatoms. The van der Waals surface area contributed by atoms with Crippen LogP contribution in [0.2, 0.25) is 0 Å². The highest BCUT2D eigenvalue weighted by Crippen LogP contribution is 2.34. The van der Waals surface area contributed by atoms with Crippen molar-refractivity contribution in [3.05, 3.63) is 34.8 Å². The van der Waals surface area contributed by atoms with Gasteiger partial charge in [-0.3, -0.25) is 9.59 Å². The number of nitrogens with zero attached hydrogens (tertiary/aromatic N) is 1. The lowest BCUT2D eigenvalue weighted by Crippen LogP contribution is -2.29. The van der Waals surface area contributed by atoms with E-state index in [9.17, 15) is 22.8 Å². The van der Waals surface area contributed by atoms with Crippen molar-refractivity contribution in [3.8, 4) is 5.75 Å². The number of hydrogen-bond acceptors (Lipinski definition) is 3. The number of imide groups is 1. The van der Waals surface area contributed by atoms with Crippen LogP contribution in [0.25, 0.3) is 0 Å². The molecule has 0 saturated carbocycles. The maximum Gasteiger partial charge on any atom is 0.573 e. The number of alkyl halides is 3. The molecule has 1 aromatic rings. The lowest BCUT2D eigenvalue weighted by Gasteiger charge is -2.16. The number of benzene rings is 1. The summed E-state index contributed by atoms with van der Waals surface area (Å²) in [6.07, 6.45) is -2.66.